The Morgan fingerprint density at radius 1 is 1.35 bits per heavy atom. The predicted molar refractivity (Wildman–Crippen MR) is 84.3 cm³/mol. The molecule has 1 aromatic rings. The van der Waals surface area contributed by atoms with Crippen LogP contribution in [0.15, 0.2) is 24.3 Å². The predicted octanol–water partition coefficient (Wildman–Crippen LogP) is 1.19. The lowest BCUT2D eigenvalue weighted by Crippen LogP contribution is -2.43. The molecule has 2 N–H and O–H groups in total. The van der Waals surface area contributed by atoms with Crippen LogP contribution in [0, 0.1) is 0 Å². The number of thioether (sulfide) groups is 1. The third-order valence-corrected chi connectivity index (χ3v) is 4.86. The van der Waals surface area contributed by atoms with Crippen molar-refractivity contribution in [2.45, 2.75) is 12.5 Å². The van der Waals surface area contributed by atoms with Gasteiger partial charge >= 0.3 is 0 Å². The summed E-state index contributed by atoms with van der Waals surface area (Å²) >= 11 is 2.01. The van der Waals surface area contributed by atoms with Crippen molar-refractivity contribution >= 4 is 23.4 Å². The first-order valence-corrected chi connectivity index (χ1v) is 8.40. The molecule has 0 spiro atoms. The molecule has 3 rings (SSSR count). The van der Waals surface area contributed by atoms with E-state index in [-0.39, 0.29) is 11.9 Å². The molecule has 4 nitrogen and oxygen atoms in total. The summed E-state index contributed by atoms with van der Waals surface area (Å²) in [7, 11) is 0. The molecule has 0 unspecified atom stereocenters. The highest BCUT2D eigenvalue weighted by molar-refractivity contribution is 7.99. The first-order chi connectivity index (χ1) is 9.83. The molecule has 1 atom stereocenters. The molecular formula is C15H21N3OS. The molecule has 108 valence electrons. The van der Waals surface area contributed by atoms with Crippen molar-refractivity contribution in [1.82, 2.24) is 10.2 Å². The number of carbonyl (C=O) groups is 1. The molecular weight excluding hydrogens is 270 g/mol. The number of rotatable bonds is 4. The van der Waals surface area contributed by atoms with Gasteiger partial charge in [0.2, 0.25) is 5.91 Å². The van der Waals surface area contributed by atoms with E-state index in [1.165, 1.54) is 17.1 Å². The van der Waals surface area contributed by atoms with Crippen molar-refractivity contribution in [1.29, 1.82) is 0 Å². The molecule has 20 heavy (non-hydrogen) atoms. The van der Waals surface area contributed by atoms with E-state index < -0.39 is 0 Å². The second kappa shape index (κ2) is 6.50. The first kappa shape index (κ1) is 13.8. The molecule has 0 saturated carbocycles. The van der Waals surface area contributed by atoms with Crippen LogP contribution >= 0.6 is 11.8 Å². The Morgan fingerprint density at radius 2 is 2.15 bits per heavy atom. The summed E-state index contributed by atoms with van der Waals surface area (Å²) in [5.41, 5.74) is 2.33. The molecule has 2 aliphatic heterocycles. The third kappa shape index (κ3) is 3.27. The number of hydrogen-bond donors (Lipinski definition) is 2. The molecule has 1 amide bonds. The summed E-state index contributed by atoms with van der Waals surface area (Å²) in [6, 6.07) is 8.04. The highest BCUT2D eigenvalue weighted by Gasteiger charge is 2.25. The number of benzene rings is 1. The molecule has 2 aliphatic rings. The van der Waals surface area contributed by atoms with Crippen LogP contribution < -0.4 is 10.6 Å². The molecule has 0 aromatic heterocycles. The summed E-state index contributed by atoms with van der Waals surface area (Å²) in [5, 5.41) is 6.35. The number of para-hydroxylation sites is 1. The van der Waals surface area contributed by atoms with Crippen molar-refractivity contribution in [2.24, 2.45) is 0 Å². The molecule has 1 saturated heterocycles. The van der Waals surface area contributed by atoms with Crippen molar-refractivity contribution in [2.75, 3.05) is 43.0 Å². The van der Waals surface area contributed by atoms with Crippen LogP contribution in [0.5, 0.6) is 0 Å². The van der Waals surface area contributed by atoms with E-state index >= 15 is 0 Å². The maximum atomic E-state index is 12.2. The maximum absolute atomic E-state index is 12.2. The monoisotopic (exact) mass is 291 g/mol. The normalized spacial score (nSPS) is 22.1. The smallest absolute Gasteiger partial charge is 0.242 e. The number of fused-ring (bicyclic) bond motifs is 1. The third-order valence-electron chi connectivity index (χ3n) is 3.92. The minimum absolute atomic E-state index is 0.107. The van der Waals surface area contributed by atoms with Gasteiger partial charge in [0.25, 0.3) is 0 Å². The van der Waals surface area contributed by atoms with Gasteiger partial charge in [0, 0.05) is 49.8 Å². The average molecular weight is 291 g/mol. The van der Waals surface area contributed by atoms with Crippen LogP contribution in [0.1, 0.15) is 5.56 Å². The highest BCUT2D eigenvalue weighted by Crippen LogP contribution is 2.24. The topological polar surface area (TPSA) is 44.4 Å². The SMILES string of the molecule is O=C(NCCN1CCSCC1)[C@@H]1Cc2ccccc2N1. The molecule has 2 heterocycles. The maximum Gasteiger partial charge on any atom is 0.242 e. The molecule has 0 bridgehead atoms. The van der Waals surface area contributed by atoms with Crippen LogP contribution in [-0.2, 0) is 11.2 Å². The fourth-order valence-electron chi connectivity index (χ4n) is 2.74. The number of nitrogens with one attached hydrogen (secondary N) is 2. The van der Waals surface area contributed by atoms with Crippen LogP contribution in [-0.4, -0.2) is 54.5 Å². The van der Waals surface area contributed by atoms with Gasteiger partial charge in [-0.2, -0.15) is 11.8 Å². The summed E-state index contributed by atoms with van der Waals surface area (Å²) < 4.78 is 0. The molecule has 1 aromatic carbocycles. The number of amides is 1. The van der Waals surface area contributed by atoms with Gasteiger partial charge in [-0.3, -0.25) is 9.69 Å². The van der Waals surface area contributed by atoms with Gasteiger partial charge in [-0.1, -0.05) is 18.2 Å². The van der Waals surface area contributed by atoms with Gasteiger partial charge in [0.15, 0.2) is 0 Å². The Hall–Kier alpha value is -1.20. The number of carbonyl (C=O) groups excluding carboxylic acids is 1. The van der Waals surface area contributed by atoms with Crippen LogP contribution in [0.25, 0.3) is 0 Å². The van der Waals surface area contributed by atoms with Crippen molar-refractivity contribution in [3.05, 3.63) is 29.8 Å². The van der Waals surface area contributed by atoms with Crippen molar-refractivity contribution in [3.8, 4) is 0 Å². The fraction of sp³-hybridized carbons (Fsp3) is 0.533. The Morgan fingerprint density at radius 3 is 2.95 bits per heavy atom. The number of anilines is 1. The standard InChI is InChI=1S/C15H21N3OS/c19-15(16-5-6-18-7-9-20-10-8-18)14-11-12-3-1-2-4-13(12)17-14/h1-4,14,17H,5-11H2,(H,16,19)/t14-/m0/s1. The van der Waals surface area contributed by atoms with Crippen LogP contribution in [0.4, 0.5) is 5.69 Å². The van der Waals surface area contributed by atoms with Crippen molar-refractivity contribution < 1.29 is 4.79 Å². The minimum atomic E-state index is -0.107. The summed E-state index contributed by atoms with van der Waals surface area (Å²) in [6.45, 7) is 4.01. The Bertz CT molecular complexity index is 449. The zero-order chi connectivity index (χ0) is 13.8. The summed E-state index contributed by atoms with van der Waals surface area (Å²) in [5.74, 6) is 2.55. The van der Waals surface area contributed by atoms with Crippen LogP contribution in [0.2, 0.25) is 0 Å². The number of nitrogens with zero attached hydrogens (tertiary/aromatic N) is 1. The average Bonchev–Trinajstić information content (AvgIpc) is 2.92. The first-order valence-electron chi connectivity index (χ1n) is 7.25. The molecule has 1 fully saturated rings. The fourth-order valence-corrected chi connectivity index (χ4v) is 3.72. The van der Waals surface area contributed by atoms with E-state index in [1.54, 1.807) is 0 Å². The second-order valence-corrected chi connectivity index (χ2v) is 6.53. The van der Waals surface area contributed by atoms with E-state index in [9.17, 15) is 4.79 Å². The lowest BCUT2D eigenvalue weighted by Gasteiger charge is -2.26. The van der Waals surface area contributed by atoms with Gasteiger partial charge in [-0.15, -0.1) is 0 Å². The summed E-state index contributed by atoms with van der Waals surface area (Å²) in [4.78, 5) is 14.6. The Balaban J connectivity index is 1.42. The van der Waals surface area contributed by atoms with E-state index in [4.69, 9.17) is 0 Å². The Labute approximate surface area is 124 Å². The minimum Gasteiger partial charge on any atom is -0.373 e. The van der Waals surface area contributed by atoms with Crippen molar-refractivity contribution in [3.63, 3.8) is 0 Å². The number of hydrogen-bond acceptors (Lipinski definition) is 4. The molecule has 0 aliphatic carbocycles. The molecule has 0 radical (unpaired) electrons. The lowest BCUT2D eigenvalue weighted by atomic mass is 10.1. The van der Waals surface area contributed by atoms with Gasteiger partial charge in [0.05, 0.1) is 0 Å². The largest absolute Gasteiger partial charge is 0.373 e. The van der Waals surface area contributed by atoms with E-state index in [2.05, 4.69) is 21.6 Å². The zero-order valence-corrected chi connectivity index (χ0v) is 12.4. The van der Waals surface area contributed by atoms with Gasteiger partial charge in [-0.25, -0.2) is 0 Å². The van der Waals surface area contributed by atoms with Gasteiger partial charge < -0.3 is 10.6 Å². The van der Waals surface area contributed by atoms with E-state index in [0.29, 0.717) is 0 Å². The van der Waals surface area contributed by atoms with Gasteiger partial charge in [0.1, 0.15) is 6.04 Å². The van der Waals surface area contributed by atoms with Crippen LogP contribution in [0.3, 0.4) is 0 Å². The highest BCUT2D eigenvalue weighted by atomic mass is 32.2. The van der Waals surface area contributed by atoms with E-state index in [1.807, 2.05) is 30.0 Å². The van der Waals surface area contributed by atoms with E-state index in [0.717, 1.165) is 38.3 Å². The Kier molecular flexibility index (Phi) is 4.47. The lowest BCUT2D eigenvalue weighted by molar-refractivity contribution is -0.121. The molecule has 5 heteroatoms. The summed E-state index contributed by atoms with van der Waals surface area (Å²) in [6.07, 6.45) is 0.794. The second-order valence-electron chi connectivity index (χ2n) is 5.30. The zero-order valence-electron chi connectivity index (χ0n) is 11.6. The van der Waals surface area contributed by atoms with Gasteiger partial charge in [-0.05, 0) is 11.6 Å². The quantitative estimate of drug-likeness (QED) is 0.874.